The van der Waals surface area contributed by atoms with Gasteiger partial charge in [-0.2, -0.15) is 0 Å². The van der Waals surface area contributed by atoms with Gasteiger partial charge in [0.25, 0.3) is 0 Å². The number of nitrogens with two attached hydrogens (primary N) is 1. The van der Waals surface area contributed by atoms with Gasteiger partial charge in [0.1, 0.15) is 6.04 Å². The highest BCUT2D eigenvalue weighted by Gasteiger charge is 2.12. The Morgan fingerprint density at radius 1 is 1.43 bits per heavy atom. The van der Waals surface area contributed by atoms with Crippen LogP contribution in [0.3, 0.4) is 0 Å². The van der Waals surface area contributed by atoms with Crippen molar-refractivity contribution in [3.8, 4) is 0 Å². The number of rotatable bonds is 5. The molecule has 1 atom stereocenters. The van der Waals surface area contributed by atoms with Gasteiger partial charge < -0.3 is 11.1 Å². The molecule has 0 aliphatic heterocycles. The van der Waals surface area contributed by atoms with Gasteiger partial charge in [-0.1, -0.05) is 6.92 Å². The summed E-state index contributed by atoms with van der Waals surface area (Å²) in [6, 6.07) is -0.239. The minimum atomic E-state index is -0.385. The number of carbonyl (C=O) groups excluding carboxylic acids is 1. The molecule has 0 bridgehead atoms. The molecule has 0 aromatic rings. The lowest BCUT2D eigenvalue weighted by Gasteiger charge is -2.11. The maximum atomic E-state index is 11.4. The van der Waals surface area contributed by atoms with Crippen LogP contribution in [-0.2, 0) is 4.79 Å². The molecular formula is C10H21N3O. The lowest BCUT2D eigenvalue weighted by Crippen LogP contribution is -2.37. The van der Waals surface area contributed by atoms with Gasteiger partial charge in [0.2, 0.25) is 5.91 Å². The third kappa shape index (κ3) is 5.56. The van der Waals surface area contributed by atoms with E-state index in [0.29, 0.717) is 5.84 Å². The van der Waals surface area contributed by atoms with Gasteiger partial charge in [-0.3, -0.25) is 9.79 Å². The summed E-state index contributed by atoms with van der Waals surface area (Å²) in [4.78, 5) is 15.5. The van der Waals surface area contributed by atoms with E-state index in [2.05, 4.69) is 10.3 Å². The average Bonchev–Trinajstić information content (AvgIpc) is 2.02. The first-order chi connectivity index (χ1) is 6.47. The standard InChI is InChI=1S/C10H21N3O/c1-5-6-9(11)13-8(4)10(14)12-7(2)3/h7-8H,5-6H2,1-4H3,(H2,11,13)(H,12,14). The van der Waals surface area contributed by atoms with Crippen LogP contribution in [0.1, 0.15) is 40.5 Å². The van der Waals surface area contributed by atoms with Crippen LogP contribution in [0.15, 0.2) is 4.99 Å². The van der Waals surface area contributed by atoms with Crippen LogP contribution in [0.25, 0.3) is 0 Å². The second kappa shape index (κ2) is 6.40. The van der Waals surface area contributed by atoms with E-state index >= 15 is 0 Å². The van der Waals surface area contributed by atoms with Crippen molar-refractivity contribution < 1.29 is 4.79 Å². The summed E-state index contributed by atoms with van der Waals surface area (Å²) < 4.78 is 0. The van der Waals surface area contributed by atoms with Gasteiger partial charge in [-0.25, -0.2) is 0 Å². The molecule has 4 nitrogen and oxygen atoms in total. The molecule has 0 rings (SSSR count). The molecule has 0 fully saturated rings. The van der Waals surface area contributed by atoms with Gasteiger partial charge in [0.05, 0.1) is 5.84 Å². The summed E-state index contributed by atoms with van der Waals surface area (Å²) in [5, 5.41) is 2.79. The zero-order valence-electron chi connectivity index (χ0n) is 9.50. The van der Waals surface area contributed by atoms with Crippen molar-refractivity contribution in [3.05, 3.63) is 0 Å². The second-order valence-electron chi connectivity index (χ2n) is 3.71. The molecule has 0 spiro atoms. The molecular weight excluding hydrogens is 178 g/mol. The van der Waals surface area contributed by atoms with Crippen LogP contribution in [-0.4, -0.2) is 23.8 Å². The SMILES string of the molecule is CCCC(N)=NC(C)C(=O)NC(C)C. The quantitative estimate of drug-likeness (QED) is 0.513. The Hall–Kier alpha value is -1.06. The van der Waals surface area contributed by atoms with Crippen molar-refractivity contribution in [3.63, 3.8) is 0 Å². The first-order valence-electron chi connectivity index (χ1n) is 5.09. The maximum absolute atomic E-state index is 11.4. The summed E-state index contributed by atoms with van der Waals surface area (Å²) >= 11 is 0. The predicted octanol–water partition coefficient (Wildman–Crippen LogP) is 1.06. The van der Waals surface area contributed by atoms with Crippen LogP contribution in [0.4, 0.5) is 0 Å². The van der Waals surface area contributed by atoms with E-state index in [1.165, 1.54) is 0 Å². The van der Waals surface area contributed by atoms with Crippen molar-refractivity contribution in [1.29, 1.82) is 0 Å². The van der Waals surface area contributed by atoms with Crippen molar-refractivity contribution in [2.45, 2.75) is 52.6 Å². The fourth-order valence-corrected chi connectivity index (χ4v) is 1.03. The van der Waals surface area contributed by atoms with E-state index in [9.17, 15) is 4.79 Å². The van der Waals surface area contributed by atoms with Gasteiger partial charge >= 0.3 is 0 Å². The summed E-state index contributed by atoms with van der Waals surface area (Å²) in [5.41, 5.74) is 5.62. The normalized spacial score (nSPS) is 14.2. The number of amidine groups is 1. The van der Waals surface area contributed by atoms with Gasteiger partial charge in [-0.15, -0.1) is 0 Å². The zero-order valence-corrected chi connectivity index (χ0v) is 9.50. The number of hydrogen-bond acceptors (Lipinski definition) is 2. The molecule has 1 unspecified atom stereocenters. The molecule has 14 heavy (non-hydrogen) atoms. The summed E-state index contributed by atoms with van der Waals surface area (Å²) in [6.07, 6.45) is 1.70. The topological polar surface area (TPSA) is 67.5 Å². The van der Waals surface area contributed by atoms with Gasteiger partial charge in [0, 0.05) is 12.5 Å². The van der Waals surface area contributed by atoms with Crippen LogP contribution >= 0.6 is 0 Å². The Kier molecular flexibility index (Phi) is 5.92. The number of carbonyl (C=O) groups is 1. The Balaban J connectivity index is 4.12. The molecule has 0 saturated carbocycles. The van der Waals surface area contributed by atoms with Crippen LogP contribution < -0.4 is 11.1 Å². The minimum Gasteiger partial charge on any atom is -0.387 e. The van der Waals surface area contributed by atoms with Crippen molar-refractivity contribution in [2.24, 2.45) is 10.7 Å². The molecule has 0 heterocycles. The molecule has 0 aliphatic rings. The molecule has 0 aromatic heterocycles. The Bertz CT molecular complexity index is 211. The third-order valence-corrected chi connectivity index (χ3v) is 1.68. The number of nitrogens with zero attached hydrogens (tertiary/aromatic N) is 1. The van der Waals surface area contributed by atoms with Crippen molar-refractivity contribution >= 4 is 11.7 Å². The van der Waals surface area contributed by atoms with E-state index in [-0.39, 0.29) is 18.0 Å². The molecule has 4 heteroatoms. The highest BCUT2D eigenvalue weighted by molar-refractivity contribution is 5.87. The fraction of sp³-hybridized carbons (Fsp3) is 0.800. The van der Waals surface area contributed by atoms with E-state index in [1.807, 2.05) is 20.8 Å². The molecule has 0 aromatic carbocycles. The van der Waals surface area contributed by atoms with Crippen LogP contribution in [0.5, 0.6) is 0 Å². The molecule has 0 saturated heterocycles. The number of hydrogen-bond donors (Lipinski definition) is 2. The van der Waals surface area contributed by atoms with Gasteiger partial charge in [0.15, 0.2) is 0 Å². The zero-order chi connectivity index (χ0) is 11.1. The molecule has 1 amide bonds. The minimum absolute atomic E-state index is 0.0703. The van der Waals surface area contributed by atoms with Gasteiger partial charge in [-0.05, 0) is 27.2 Å². The average molecular weight is 199 g/mol. The Morgan fingerprint density at radius 2 is 2.00 bits per heavy atom. The van der Waals surface area contributed by atoms with Crippen LogP contribution in [0.2, 0.25) is 0 Å². The van der Waals surface area contributed by atoms with E-state index in [4.69, 9.17) is 5.73 Å². The lowest BCUT2D eigenvalue weighted by atomic mass is 10.2. The summed E-state index contributed by atoms with van der Waals surface area (Å²) in [6.45, 7) is 7.62. The molecule has 82 valence electrons. The van der Waals surface area contributed by atoms with Crippen molar-refractivity contribution in [2.75, 3.05) is 0 Å². The highest BCUT2D eigenvalue weighted by atomic mass is 16.2. The maximum Gasteiger partial charge on any atom is 0.244 e. The number of nitrogens with one attached hydrogen (secondary N) is 1. The van der Waals surface area contributed by atoms with E-state index in [0.717, 1.165) is 12.8 Å². The highest BCUT2D eigenvalue weighted by Crippen LogP contribution is 1.94. The first kappa shape index (κ1) is 12.9. The number of aliphatic imine (C=N–C) groups is 1. The Labute approximate surface area is 86.0 Å². The van der Waals surface area contributed by atoms with Crippen LogP contribution in [0, 0.1) is 0 Å². The largest absolute Gasteiger partial charge is 0.387 e. The fourth-order valence-electron chi connectivity index (χ4n) is 1.03. The van der Waals surface area contributed by atoms with E-state index in [1.54, 1.807) is 6.92 Å². The third-order valence-electron chi connectivity index (χ3n) is 1.68. The molecule has 0 radical (unpaired) electrons. The van der Waals surface area contributed by atoms with E-state index < -0.39 is 0 Å². The summed E-state index contributed by atoms with van der Waals surface area (Å²) in [7, 11) is 0. The first-order valence-corrected chi connectivity index (χ1v) is 5.09. The lowest BCUT2D eigenvalue weighted by molar-refractivity contribution is -0.122. The molecule has 3 N–H and O–H groups in total. The van der Waals surface area contributed by atoms with Crippen molar-refractivity contribution in [1.82, 2.24) is 5.32 Å². The second-order valence-corrected chi connectivity index (χ2v) is 3.71. The Morgan fingerprint density at radius 3 is 2.43 bits per heavy atom. The smallest absolute Gasteiger partial charge is 0.244 e. The summed E-state index contributed by atoms with van der Waals surface area (Å²) in [5.74, 6) is 0.484. The monoisotopic (exact) mass is 199 g/mol. The number of amides is 1. The molecule has 0 aliphatic carbocycles. The predicted molar refractivity (Wildman–Crippen MR) is 59.3 cm³/mol.